The number of nitrogens with zero attached hydrogens (tertiary/aromatic N) is 2. The Labute approximate surface area is 135 Å². The van der Waals surface area contributed by atoms with Crippen LogP contribution < -0.4 is 0 Å². The van der Waals surface area contributed by atoms with Gasteiger partial charge in [0.25, 0.3) is 0 Å². The van der Waals surface area contributed by atoms with Crippen LogP contribution in [0.1, 0.15) is 15.9 Å². The number of hydrogen-bond acceptors (Lipinski definition) is 5. The number of fused-ring (bicyclic) bond motifs is 2. The second-order valence-electron chi connectivity index (χ2n) is 5.26. The first-order valence-electron chi connectivity index (χ1n) is 7.10. The van der Waals surface area contributed by atoms with E-state index in [0.717, 1.165) is 16.0 Å². The predicted molar refractivity (Wildman–Crippen MR) is 90.8 cm³/mol. The summed E-state index contributed by atoms with van der Waals surface area (Å²) in [5.74, 6) is -0.380. The lowest BCUT2D eigenvalue weighted by Crippen LogP contribution is -2.01. The molecule has 0 bridgehead atoms. The van der Waals surface area contributed by atoms with Gasteiger partial charge >= 0.3 is 5.97 Å². The second-order valence-corrected chi connectivity index (χ2v) is 6.31. The minimum absolute atomic E-state index is 0.380. The molecule has 5 nitrogen and oxygen atoms in total. The third-order valence-electron chi connectivity index (χ3n) is 3.93. The van der Waals surface area contributed by atoms with E-state index in [9.17, 15) is 4.79 Å². The summed E-state index contributed by atoms with van der Waals surface area (Å²) in [6.07, 6.45) is 0. The average Bonchev–Trinajstić information content (AvgIpc) is 3.18. The Hall–Kier alpha value is -2.73. The highest BCUT2D eigenvalue weighted by Gasteiger charge is 2.18. The first-order valence-corrected chi connectivity index (χ1v) is 7.92. The van der Waals surface area contributed by atoms with Gasteiger partial charge in [-0.2, -0.15) is 15.4 Å². The molecule has 2 aromatic carbocycles. The number of aromatic amines is 1. The molecule has 0 fully saturated rings. The van der Waals surface area contributed by atoms with Crippen LogP contribution in [0.15, 0.2) is 36.4 Å². The first kappa shape index (κ1) is 13.9. The number of carbonyl (C=O) groups excluding carboxylic acids is 1. The lowest BCUT2D eigenvalue weighted by molar-refractivity contribution is 0.0601. The van der Waals surface area contributed by atoms with Gasteiger partial charge in [0.05, 0.1) is 12.7 Å². The van der Waals surface area contributed by atoms with Gasteiger partial charge in [-0.15, -0.1) is 11.3 Å². The third-order valence-corrected chi connectivity index (χ3v) is 5.24. The van der Waals surface area contributed by atoms with Crippen molar-refractivity contribution in [3.05, 3.63) is 47.5 Å². The lowest BCUT2D eigenvalue weighted by atomic mass is 10.0. The number of hydrogen-bond donors (Lipinski definition) is 1. The molecule has 6 heteroatoms. The standard InChI is InChI=1S/C17H13N3O2S/c1-9-11-5-3-4-6-14(11)23-16(9)12-7-10(17(21)22-2)8-13-15(12)19-20-18-13/h3-8H,1-2H3,(H,18,19,20). The number of aromatic nitrogens is 3. The maximum Gasteiger partial charge on any atom is 0.337 e. The van der Waals surface area contributed by atoms with Crippen molar-refractivity contribution in [2.45, 2.75) is 6.92 Å². The highest BCUT2D eigenvalue weighted by molar-refractivity contribution is 7.22. The Balaban J connectivity index is 2.05. The molecule has 4 rings (SSSR count). The highest BCUT2D eigenvalue weighted by atomic mass is 32.1. The van der Waals surface area contributed by atoms with Gasteiger partial charge in [0, 0.05) is 15.1 Å². The molecule has 1 N–H and O–H groups in total. The Bertz CT molecular complexity index is 1050. The van der Waals surface area contributed by atoms with Crippen molar-refractivity contribution < 1.29 is 9.53 Å². The summed E-state index contributed by atoms with van der Waals surface area (Å²) >= 11 is 1.69. The van der Waals surface area contributed by atoms with Gasteiger partial charge in [-0.25, -0.2) is 4.79 Å². The van der Waals surface area contributed by atoms with E-state index < -0.39 is 0 Å². The van der Waals surface area contributed by atoms with E-state index >= 15 is 0 Å². The van der Waals surface area contributed by atoms with Crippen molar-refractivity contribution >= 4 is 38.4 Å². The quantitative estimate of drug-likeness (QED) is 0.567. The van der Waals surface area contributed by atoms with Crippen molar-refractivity contribution in [3.8, 4) is 10.4 Å². The molecular formula is C17H13N3O2S. The summed E-state index contributed by atoms with van der Waals surface area (Å²) in [6.45, 7) is 2.09. The number of methoxy groups -OCH3 is 1. The monoisotopic (exact) mass is 323 g/mol. The van der Waals surface area contributed by atoms with E-state index in [1.54, 1.807) is 17.4 Å². The minimum Gasteiger partial charge on any atom is -0.465 e. The normalized spacial score (nSPS) is 11.2. The zero-order valence-corrected chi connectivity index (χ0v) is 13.4. The van der Waals surface area contributed by atoms with Crippen LogP contribution in [-0.2, 0) is 4.74 Å². The third kappa shape index (κ3) is 2.10. The molecule has 0 aliphatic rings. The van der Waals surface area contributed by atoms with Gasteiger partial charge < -0.3 is 4.74 Å². The number of aryl methyl sites for hydroxylation is 1. The van der Waals surface area contributed by atoms with Crippen LogP contribution in [0.5, 0.6) is 0 Å². The largest absolute Gasteiger partial charge is 0.465 e. The lowest BCUT2D eigenvalue weighted by Gasteiger charge is -2.05. The van der Waals surface area contributed by atoms with Crippen molar-refractivity contribution in [3.63, 3.8) is 0 Å². The molecule has 4 aromatic rings. The topological polar surface area (TPSA) is 67.9 Å². The van der Waals surface area contributed by atoms with Crippen LogP contribution in [0.25, 0.3) is 31.6 Å². The molecule has 2 aromatic heterocycles. The van der Waals surface area contributed by atoms with Gasteiger partial charge in [0.1, 0.15) is 11.0 Å². The number of H-pyrrole nitrogens is 1. The molecule has 114 valence electrons. The molecule has 0 aliphatic carbocycles. The van der Waals surface area contributed by atoms with E-state index in [-0.39, 0.29) is 5.97 Å². The molecule has 0 amide bonds. The van der Waals surface area contributed by atoms with Crippen molar-refractivity contribution in [1.29, 1.82) is 0 Å². The molecule has 0 saturated heterocycles. The molecule has 0 radical (unpaired) electrons. The van der Waals surface area contributed by atoms with Crippen molar-refractivity contribution in [1.82, 2.24) is 15.4 Å². The van der Waals surface area contributed by atoms with E-state index in [1.165, 1.54) is 22.8 Å². The van der Waals surface area contributed by atoms with Gasteiger partial charge in [-0.05, 0) is 36.1 Å². The van der Waals surface area contributed by atoms with Crippen LogP contribution in [-0.4, -0.2) is 28.5 Å². The fraction of sp³-hybridized carbons (Fsp3) is 0.118. The Morgan fingerprint density at radius 3 is 2.83 bits per heavy atom. The van der Waals surface area contributed by atoms with Gasteiger partial charge in [-0.1, -0.05) is 18.2 Å². The van der Waals surface area contributed by atoms with Crippen LogP contribution in [0.2, 0.25) is 0 Å². The number of carbonyl (C=O) groups is 1. The van der Waals surface area contributed by atoms with E-state index in [2.05, 4.69) is 34.5 Å². The molecule has 0 saturated carbocycles. The Morgan fingerprint density at radius 1 is 1.22 bits per heavy atom. The zero-order valence-electron chi connectivity index (χ0n) is 12.6. The molecule has 2 heterocycles. The predicted octanol–water partition coefficient (Wildman–Crippen LogP) is 3.93. The first-order chi connectivity index (χ1) is 11.2. The second kappa shape index (κ2) is 5.17. The van der Waals surface area contributed by atoms with E-state index in [4.69, 9.17) is 4.74 Å². The molecule has 0 atom stereocenters. The number of benzene rings is 2. The molecule has 0 unspecified atom stereocenters. The van der Waals surface area contributed by atoms with E-state index in [0.29, 0.717) is 11.1 Å². The van der Waals surface area contributed by atoms with Crippen LogP contribution in [0.4, 0.5) is 0 Å². The summed E-state index contributed by atoms with van der Waals surface area (Å²) < 4.78 is 6.06. The number of thiophene rings is 1. The van der Waals surface area contributed by atoms with Gasteiger partial charge in [0.2, 0.25) is 0 Å². The number of nitrogens with one attached hydrogen (secondary N) is 1. The summed E-state index contributed by atoms with van der Waals surface area (Å²) in [7, 11) is 1.37. The number of rotatable bonds is 2. The SMILES string of the molecule is COC(=O)c1cc(-c2sc3ccccc3c2C)c2n[nH]nc2c1. The average molecular weight is 323 g/mol. The van der Waals surface area contributed by atoms with Crippen LogP contribution in [0, 0.1) is 6.92 Å². The molecular weight excluding hydrogens is 310 g/mol. The Morgan fingerprint density at radius 2 is 2.04 bits per heavy atom. The molecule has 23 heavy (non-hydrogen) atoms. The zero-order chi connectivity index (χ0) is 16.0. The van der Waals surface area contributed by atoms with Crippen LogP contribution >= 0.6 is 11.3 Å². The van der Waals surface area contributed by atoms with Crippen molar-refractivity contribution in [2.75, 3.05) is 7.11 Å². The minimum atomic E-state index is -0.380. The van der Waals surface area contributed by atoms with Crippen molar-refractivity contribution in [2.24, 2.45) is 0 Å². The summed E-state index contributed by atoms with van der Waals surface area (Å²) in [5, 5.41) is 12.2. The summed E-state index contributed by atoms with van der Waals surface area (Å²) in [5.41, 5.74) is 3.96. The van der Waals surface area contributed by atoms with E-state index in [1.807, 2.05) is 18.2 Å². The maximum absolute atomic E-state index is 11.9. The molecule has 0 spiro atoms. The Kier molecular flexibility index (Phi) is 3.12. The van der Waals surface area contributed by atoms with Gasteiger partial charge in [-0.3, -0.25) is 0 Å². The van der Waals surface area contributed by atoms with Crippen LogP contribution in [0.3, 0.4) is 0 Å². The smallest absolute Gasteiger partial charge is 0.337 e. The summed E-state index contributed by atoms with van der Waals surface area (Å²) in [6, 6.07) is 11.8. The maximum atomic E-state index is 11.9. The highest BCUT2D eigenvalue weighted by Crippen LogP contribution is 2.40. The molecule has 0 aliphatic heterocycles. The summed E-state index contributed by atoms with van der Waals surface area (Å²) in [4.78, 5) is 13.0. The number of esters is 1. The fourth-order valence-electron chi connectivity index (χ4n) is 2.79. The fourth-order valence-corrected chi connectivity index (χ4v) is 4.02. The van der Waals surface area contributed by atoms with Gasteiger partial charge in [0.15, 0.2) is 0 Å². The number of ether oxygens (including phenoxy) is 1.